The van der Waals surface area contributed by atoms with Crippen LogP contribution in [-0.4, -0.2) is 45.0 Å². The van der Waals surface area contributed by atoms with Gasteiger partial charge in [-0.25, -0.2) is 13.1 Å². The quantitative estimate of drug-likeness (QED) is 0.756. The van der Waals surface area contributed by atoms with Crippen LogP contribution in [0.1, 0.15) is 36.0 Å². The maximum absolute atomic E-state index is 12.9. The summed E-state index contributed by atoms with van der Waals surface area (Å²) in [4.78, 5) is 14.9. The lowest BCUT2D eigenvalue weighted by Crippen LogP contribution is -2.41. The van der Waals surface area contributed by atoms with Gasteiger partial charge < -0.3 is 9.64 Å². The number of ether oxygens (including phenoxy) is 1. The van der Waals surface area contributed by atoms with Crippen molar-refractivity contribution < 1.29 is 17.9 Å². The summed E-state index contributed by atoms with van der Waals surface area (Å²) in [7, 11) is -3.50. The number of sulfonamides is 1. The summed E-state index contributed by atoms with van der Waals surface area (Å²) in [5, 5.41) is 0. The van der Waals surface area contributed by atoms with Crippen LogP contribution >= 0.6 is 0 Å². The second-order valence-electron chi connectivity index (χ2n) is 7.80. The lowest BCUT2D eigenvalue weighted by Gasteiger charge is -2.32. The average Bonchev–Trinajstić information content (AvgIpc) is 3.56. The largest absolute Gasteiger partial charge is 0.493 e. The fourth-order valence-corrected chi connectivity index (χ4v) is 4.87. The van der Waals surface area contributed by atoms with Crippen molar-refractivity contribution in [1.82, 2.24) is 9.62 Å². The first-order valence-electron chi connectivity index (χ1n) is 10.1. The predicted molar refractivity (Wildman–Crippen MR) is 110 cm³/mol. The van der Waals surface area contributed by atoms with Crippen molar-refractivity contribution in [3.8, 4) is 5.75 Å². The number of nitrogens with one attached hydrogen (secondary N) is 1. The number of hydrogen-bond acceptors (Lipinski definition) is 4. The lowest BCUT2D eigenvalue weighted by molar-refractivity contribution is 0.0633. The number of amides is 1. The molecule has 2 aliphatic rings. The van der Waals surface area contributed by atoms with E-state index >= 15 is 0 Å². The summed E-state index contributed by atoms with van der Waals surface area (Å²) < 4.78 is 33.1. The van der Waals surface area contributed by atoms with E-state index in [1.54, 1.807) is 12.1 Å². The second kappa shape index (κ2) is 8.55. The number of benzene rings is 2. The van der Waals surface area contributed by atoms with E-state index in [0.717, 1.165) is 31.4 Å². The molecule has 0 aromatic heterocycles. The second-order valence-corrected chi connectivity index (χ2v) is 9.52. The van der Waals surface area contributed by atoms with Crippen molar-refractivity contribution in [1.29, 1.82) is 0 Å². The summed E-state index contributed by atoms with van der Waals surface area (Å²) in [6.45, 7) is 1.94. The minimum Gasteiger partial charge on any atom is -0.493 e. The maximum atomic E-state index is 12.9. The highest BCUT2D eigenvalue weighted by Crippen LogP contribution is 2.23. The van der Waals surface area contributed by atoms with Gasteiger partial charge in [0, 0.05) is 30.6 Å². The number of carbonyl (C=O) groups excluding carboxylic acids is 1. The van der Waals surface area contributed by atoms with Gasteiger partial charge in [-0.3, -0.25) is 4.79 Å². The van der Waals surface area contributed by atoms with Crippen LogP contribution < -0.4 is 9.46 Å². The Balaban J connectivity index is 1.35. The molecule has 2 fully saturated rings. The summed E-state index contributed by atoms with van der Waals surface area (Å²) in [5.74, 6) is 1.07. The number of likely N-dealkylation sites (tertiary alicyclic amines) is 1. The number of hydrogen-bond donors (Lipinski definition) is 1. The fraction of sp³-hybridized carbons (Fsp3) is 0.409. The van der Waals surface area contributed by atoms with Crippen molar-refractivity contribution in [2.75, 3.05) is 19.7 Å². The molecule has 1 N–H and O–H groups in total. The molecule has 2 aromatic rings. The van der Waals surface area contributed by atoms with E-state index < -0.39 is 10.0 Å². The molecular weight excluding hydrogens is 388 g/mol. The van der Waals surface area contributed by atoms with Gasteiger partial charge in [0.2, 0.25) is 10.0 Å². The highest BCUT2D eigenvalue weighted by molar-refractivity contribution is 7.89. The number of piperidine rings is 1. The number of rotatable bonds is 7. The molecule has 1 amide bonds. The smallest absolute Gasteiger partial charge is 0.253 e. The van der Waals surface area contributed by atoms with E-state index in [9.17, 15) is 13.2 Å². The van der Waals surface area contributed by atoms with Crippen molar-refractivity contribution in [3.05, 3.63) is 60.2 Å². The SMILES string of the molecule is O=C(c1ccc(S(=O)(=O)NC2CC2)cc1)N1CCCC(COc2ccccc2)C1. The minimum absolute atomic E-state index is 0.0599. The third-order valence-corrected chi connectivity index (χ3v) is 6.88. The first-order valence-corrected chi connectivity index (χ1v) is 11.6. The van der Waals surface area contributed by atoms with Crippen LogP contribution in [0.4, 0.5) is 0 Å². The molecule has 6 nitrogen and oxygen atoms in total. The molecule has 7 heteroatoms. The van der Waals surface area contributed by atoms with Crippen molar-refractivity contribution >= 4 is 15.9 Å². The highest BCUT2D eigenvalue weighted by Gasteiger charge is 2.29. The molecule has 154 valence electrons. The van der Waals surface area contributed by atoms with Gasteiger partial charge in [-0.1, -0.05) is 18.2 Å². The summed E-state index contributed by atoms with van der Waals surface area (Å²) in [6, 6.07) is 16.0. The first kappa shape index (κ1) is 19.9. The number of nitrogens with zero attached hydrogens (tertiary/aromatic N) is 1. The van der Waals surface area contributed by atoms with E-state index in [0.29, 0.717) is 25.3 Å². The molecule has 1 saturated heterocycles. The van der Waals surface area contributed by atoms with Crippen LogP contribution in [-0.2, 0) is 10.0 Å². The van der Waals surface area contributed by atoms with E-state index in [1.807, 2.05) is 35.2 Å². The van der Waals surface area contributed by atoms with Crippen LogP contribution in [0.15, 0.2) is 59.5 Å². The Morgan fingerprint density at radius 1 is 1.03 bits per heavy atom. The third kappa shape index (κ3) is 5.16. The summed E-state index contributed by atoms with van der Waals surface area (Å²) in [6.07, 6.45) is 3.74. The molecule has 0 spiro atoms. The molecule has 1 saturated carbocycles. The first-order chi connectivity index (χ1) is 14.0. The highest BCUT2D eigenvalue weighted by atomic mass is 32.2. The van der Waals surface area contributed by atoms with Crippen LogP contribution in [0.3, 0.4) is 0 Å². The topological polar surface area (TPSA) is 75.7 Å². The minimum atomic E-state index is -3.50. The molecule has 1 atom stereocenters. The standard InChI is InChI=1S/C22H26N2O4S/c25-22(18-8-12-21(13-9-18)29(26,27)23-19-10-11-19)24-14-4-5-17(15-24)16-28-20-6-2-1-3-7-20/h1-3,6-9,12-13,17,19,23H,4-5,10-11,14-16H2. The molecular formula is C22H26N2O4S. The van der Waals surface area contributed by atoms with Gasteiger partial charge in [0.05, 0.1) is 11.5 Å². The van der Waals surface area contributed by atoms with Gasteiger partial charge >= 0.3 is 0 Å². The molecule has 29 heavy (non-hydrogen) atoms. The van der Waals surface area contributed by atoms with Gasteiger partial charge in [0.1, 0.15) is 5.75 Å². The van der Waals surface area contributed by atoms with Crippen LogP contribution in [0.2, 0.25) is 0 Å². The van der Waals surface area contributed by atoms with E-state index in [1.165, 1.54) is 12.1 Å². The zero-order valence-corrected chi connectivity index (χ0v) is 17.1. The predicted octanol–water partition coefficient (Wildman–Crippen LogP) is 3.06. The third-order valence-electron chi connectivity index (χ3n) is 5.35. The number of carbonyl (C=O) groups is 1. The van der Waals surface area contributed by atoms with Gasteiger partial charge in [0.25, 0.3) is 5.91 Å². The number of para-hydroxylation sites is 1. The van der Waals surface area contributed by atoms with Gasteiger partial charge in [0.15, 0.2) is 0 Å². The Labute approximate surface area is 171 Å². The van der Waals surface area contributed by atoms with Crippen LogP contribution in [0, 0.1) is 5.92 Å². The van der Waals surface area contributed by atoms with E-state index in [4.69, 9.17) is 4.74 Å². The maximum Gasteiger partial charge on any atom is 0.253 e. The van der Waals surface area contributed by atoms with E-state index in [2.05, 4.69) is 4.72 Å². The van der Waals surface area contributed by atoms with Crippen molar-refractivity contribution in [2.45, 2.75) is 36.6 Å². The molecule has 1 aliphatic heterocycles. The Morgan fingerprint density at radius 3 is 2.45 bits per heavy atom. The summed E-state index contributed by atoms with van der Waals surface area (Å²) >= 11 is 0. The zero-order valence-electron chi connectivity index (χ0n) is 16.3. The Hall–Kier alpha value is -2.38. The van der Waals surface area contributed by atoms with Crippen LogP contribution in [0.5, 0.6) is 5.75 Å². The monoisotopic (exact) mass is 414 g/mol. The van der Waals surface area contributed by atoms with Gasteiger partial charge in [-0.2, -0.15) is 0 Å². The normalized spacial score (nSPS) is 19.7. The van der Waals surface area contributed by atoms with Crippen molar-refractivity contribution in [3.63, 3.8) is 0 Å². The van der Waals surface area contributed by atoms with Crippen LogP contribution in [0.25, 0.3) is 0 Å². The summed E-state index contributed by atoms with van der Waals surface area (Å²) in [5.41, 5.74) is 0.514. The Kier molecular flexibility index (Phi) is 5.87. The fourth-order valence-electron chi connectivity index (χ4n) is 3.56. The molecule has 2 aromatic carbocycles. The Bertz CT molecular complexity index is 941. The lowest BCUT2D eigenvalue weighted by atomic mass is 9.98. The van der Waals surface area contributed by atoms with E-state index in [-0.39, 0.29) is 22.8 Å². The molecule has 0 bridgehead atoms. The molecule has 1 heterocycles. The van der Waals surface area contributed by atoms with Gasteiger partial charge in [-0.15, -0.1) is 0 Å². The molecule has 0 radical (unpaired) electrons. The average molecular weight is 415 g/mol. The zero-order chi connectivity index (χ0) is 20.3. The Morgan fingerprint density at radius 2 is 1.76 bits per heavy atom. The van der Waals surface area contributed by atoms with Gasteiger partial charge in [-0.05, 0) is 62.1 Å². The van der Waals surface area contributed by atoms with Crippen molar-refractivity contribution in [2.24, 2.45) is 5.92 Å². The molecule has 1 aliphatic carbocycles. The molecule has 1 unspecified atom stereocenters. The molecule has 4 rings (SSSR count).